The normalized spacial score (nSPS) is 19.3. The fourth-order valence-electron chi connectivity index (χ4n) is 1.55. The summed E-state index contributed by atoms with van der Waals surface area (Å²) in [5.74, 6) is 0.00391. The zero-order valence-electron chi connectivity index (χ0n) is 7.51. The molecular weight excluding hydrogens is 180 g/mol. The fourth-order valence-corrected chi connectivity index (χ4v) is 1.55. The summed E-state index contributed by atoms with van der Waals surface area (Å²) in [7, 11) is 0. The van der Waals surface area contributed by atoms with Crippen LogP contribution < -0.4 is 4.74 Å². The third kappa shape index (κ3) is 1.62. The highest BCUT2D eigenvalue weighted by Crippen LogP contribution is 2.33. The molecule has 2 rings (SSSR count). The SMILES string of the molecule is O=C(O)/C=C/C1COc2ccccc21. The number of hydrogen-bond acceptors (Lipinski definition) is 2. The number of hydrogen-bond donors (Lipinski definition) is 1. The van der Waals surface area contributed by atoms with Crippen molar-refractivity contribution < 1.29 is 14.6 Å². The molecule has 1 aromatic carbocycles. The number of ether oxygens (including phenoxy) is 1. The van der Waals surface area contributed by atoms with Gasteiger partial charge in [-0.05, 0) is 6.07 Å². The smallest absolute Gasteiger partial charge is 0.328 e. The lowest BCUT2D eigenvalue weighted by Crippen LogP contribution is -1.98. The zero-order chi connectivity index (χ0) is 9.97. The average molecular weight is 190 g/mol. The van der Waals surface area contributed by atoms with E-state index in [0.717, 1.165) is 17.4 Å². The van der Waals surface area contributed by atoms with Gasteiger partial charge in [-0.25, -0.2) is 4.79 Å². The molecule has 1 aliphatic rings. The van der Waals surface area contributed by atoms with E-state index in [0.29, 0.717) is 6.61 Å². The van der Waals surface area contributed by atoms with Gasteiger partial charge in [0, 0.05) is 17.6 Å². The highest BCUT2D eigenvalue weighted by molar-refractivity contribution is 5.80. The molecule has 1 N–H and O–H groups in total. The van der Waals surface area contributed by atoms with E-state index >= 15 is 0 Å². The second-order valence-electron chi connectivity index (χ2n) is 3.15. The van der Waals surface area contributed by atoms with Gasteiger partial charge in [-0.15, -0.1) is 0 Å². The number of fused-ring (bicyclic) bond motifs is 1. The van der Waals surface area contributed by atoms with Gasteiger partial charge in [-0.2, -0.15) is 0 Å². The van der Waals surface area contributed by atoms with E-state index in [4.69, 9.17) is 9.84 Å². The van der Waals surface area contributed by atoms with Crippen molar-refractivity contribution in [3.05, 3.63) is 42.0 Å². The molecule has 1 heterocycles. The maximum absolute atomic E-state index is 10.3. The van der Waals surface area contributed by atoms with Crippen molar-refractivity contribution in [2.45, 2.75) is 5.92 Å². The minimum atomic E-state index is -0.922. The minimum absolute atomic E-state index is 0.0716. The predicted octanol–water partition coefficient (Wildman–Crippen LogP) is 1.80. The summed E-state index contributed by atoms with van der Waals surface area (Å²) in [6, 6.07) is 7.68. The van der Waals surface area contributed by atoms with Gasteiger partial charge in [0.15, 0.2) is 0 Å². The third-order valence-electron chi connectivity index (χ3n) is 2.21. The molecule has 0 fully saturated rings. The van der Waals surface area contributed by atoms with Gasteiger partial charge < -0.3 is 9.84 Å². The van der Waals surface area contributed by atoms with E-state index in [2.05, 4.69) is 0 Å². The summed E-state index contributed by atoms with van der Waals surface area (Å²) in [4.78, 5) is 10.3. The van der Waals surface area contributed by atoms with Crippen molar-refractivity contribution in [2.24, 2.45) is 0 Å². The molecule has 0 bridgehead atoms. The van der Waals surface area contributed by atoms with E-state index in [1.165, 1.54) is 0 Å². The van der Waals surface area contributed by atoms with Gasteiger partial charge in [-0.3, -0.25) is 0 Å². The molecule has 0 saturated carbocycles. The van der Waals surface area contributed by atoms with Crippen LogP contribution in [-0.4, -0.2) is 17.7 Å². The quantitative estimate of drug-likeness (QED) is 0.723. The van der Waals surface area contributed by atoms with E-state index in [-0.39, 0.29) is 5.92 Å². The second kappa shape index (κ2) is 3.54. The number of rotatable bonds is 2. The molecular formula is C11H10O3. The average Bonchev–Trinajstić information content (AvgIpc) is 2.58. The van der Waals surface area contributed by atoms with Crippen molar-refractivity contribution >= 4 is 5.97 Å². The van der Waals surface area contributed by atoms with Crippen LogP contribution in [0.15, 0.2) is 36.4 Å². The Hall–Kier alpha value is -1.77. The Kier molecular flexibility index (Phi) is 2.23. The summed E-state index contributed by atoms with van der Waals surface area (Å²) in [5, 5.41) is 8.49. The van der Waals surface area contributed by atoms with Crippen LogP contribution in [-0.2, 0) is 4.79 Å². The molecule has 1 unspecified atom stereocenters. The van der Waals surface area contributed by atoms with Crippen molar-refractivity contribution in [3.8, 4) is 5.75 Å². The first-order valence-corrected chi connectivity index (χ1v) is 4.40. The van der Waals surface area contributed by atoms with Crippen molar-refractivity contribution in [1.82, 2.24) is 0 Å². The highest BCUT2D eigenvalue weighted by Gasteiger charge is 2.20. The van der Waals surface area contributed by atoms with Crippen LogP contribution in [0.1, 0.15) is 11.5 Å². The van der Waals surface area contributed by atoms with Gasteiger partial charge in [0.25, 0.3) is 0 Å². The van der Waals surface area contributed by atoms with E-state index in [1.54, 1.807) is 6.08 Å². The maximum Gasteiger partial charge on any atom is 0.328 e. The van der Waals surface area contributed by atoms with Crippen LogP contribution in [0.4, 0.5) is 0 Å². The molecule has 72 valence electrons. The van der Waals surface area contributed by atoms with Gasteiger partial charge in [0.1, 0.15) is 5.75 Å². The Bertz CT molecular complexity index is 382. The standard InChI is InChI=1S/C11H10O3/c12-11(13)6-5-8-7-14-10-4-2-1-3-9(8)10/h1-6,8H,7H2,(H,12,13)/b6-5+. The van der Waals surface area contributed by atoms with Gasteiger partial charge >= 0.3 is 5.97 Å². The molecule has 14 heavy (non-hydrogen) atoms. The number of carboxylic acid groups (broad SMARTS) is 1. The van der Waals surface area contributed by atoms with Crippen LogP contribution in [0.3, 0.4) is 0 Å². The van der Waals surface area contributed by atoms with Gasteiger partial charge in [-0.1, -0.05) is 24.3 Å². The first-order chi connectivity index (χ1) is 6.77. The van der Waals surface area contributed by atoms with Crippen LogP contribution in [0.2, 0.25) is 0 Å². The second-order valence-corrected chi connectivity index (χ2v) is 3.15. The number of carbonyl (C=O) groups is 1. The summed E-state index contributed by atoms with van der Waals surface area (Å²) in [6.07, 6.45) is 2.82. The fraction of sp³-hybridized carbons (Fsp3) is 0.182. The summed E-state index contributed by atoms with van der Waals surface area (Å²) < 4.78 is 5.40. The summed E-state index contributed by atoms with van der Waals surface area (Å²) >= 11 is 0. The molecule has 0 aromatic heterocycles. The van der Waals surface area contributed by atoms with Crippen LogP contribution in [0, 0.1) is 0 Å². The Morgan fingerprint density at radius 3 is 3.07 bits per heavy atom. The lowest BCUT2D eigenvalue weighted by atomic mass is 10.0. The Morgan fingerprint density at radius 2 is 2.29 bits per heavy atom. The van der Waals surface area contributed by atoms with E-state index in [1.807, 2.05) is 24.3 Å². The Morgan fingerprint density at radius 1 is 1.50 bits per heavy atom. The monoisotopic (exact) mass is 190 g/mol. The minimum Gasteiger partial charge on any atom is -0.492 e. The molecule has 1 aromatic rings. The highest BCUT2D eigenvalue weighted by atomic mass is 16.5. The summed E-state index contributed by atoms with van der Waals surface area (Å²) in [5.41, 5.74) is 1.06. The molecule has 0 spiro atoms. The third-order valence-corrected chi connectivity index (χ3v) is 2.21. The van der Waals surface area contributed by atoms with Gasteiger partial charge in [0.05, 0.1) is 6.61 Å². The number of para-hydroxylation sites is 1. The van der Waals surface area contributed by atoms with Crippen LogP contribution in [0.5, 0.6) is 5.75 Å². The lowest BCUT2D eigenvalue weighted by Gasteiger charge is -1.99. The van der Waals surface area contributed by atoms with Crippen LogP contribution in [0.25, 0.3) is 0 Å². The number of carboxylic acids is 1. The molecule has 0 saturated heterocycles. The molecule has 1 aliphatic heterocycles. The van der Waals surface area contributed by atoms with Crippen molar-refractivity contribution in [1.29, 1.82) is 0 Å². The molecule has 0 radical (unpaired) electrons. The Labute approximate surface area is 81.6 Å². The molecule has 1 atom stereocenters. The summed E-state index contributed by atoms with van der Waals surface area (Å²) in [6.45, 7) is 0.531. The van der Waals surface area contributed by atoms with Crippen molar-refractivity contribution in [2.75, 3.05) is 6.61 Å². The van der Waals surface area contributed by atoms with Crippen LogP contribution >= 0.6 is 0 Å². The first-order valence-electron chi connectivity index (χ1n) is 4.40. The molecule has 3 heteroatoms. The van der Waals surface area contributed by atoms with E-state index in [9.17, 15) is 4.79 Å². The Balaban J connectivity index is 2.22. The molecule has 0 aliphatic carbocycles. The van der Waals surface area contributed by atoms with Gasteiger partial charge in [0.2, 0.25) is 0 Å². The topological polar surface area (TPSA) is 46.5 Å². The molecule has 0 amide bonds. The zero-order valence-corrected chi connectivity index (χ0v) is 7.51. The number of benzene rings is 1. The van der Waals surface area contributed by atoms with E-state index < -0.39 is 5.97 Å². The maximum atomic E-state index is 10.3. The number of aliphatic carboxylic acids is 1. The van der Waals surface area contributed by atoms with Crippen molar-refractivity contribution in [3.63, 3.8) is 0 Å². The largest absolute Gasteiger partial charge is 0.492 e. The molecule has 3 nitrogen and oxygen atoms in total. The first kappa shape index (κ1) is 8.81. The lowest BCUT2D eigenvalue weighted by molar-refractivity contribution is -0.131. The predicted molar refractivity (Wildman–Crippen MR) is 51.5 cm³/mol.